The van der Waals surface area contributed by atoms with Crippen LogP contribution in [0.4, 0.5) is 5.69 Å². The van der Waals surface area contributed by atoms with Crippen molar-refractivity contribution in [2.45, 2.75) is 19.0 Å². The van der Waals surface area contributed by atoms with Crippen LogP contribution >= 0.6 is 23.2 Å². The van der Waals surface area contributed by atoms with Crippen molar-refractivity contribution in [3.05, 3.63) is 80.1 Å². The molecule has 0 bridgehead atoms. The number of fused-ring (bicyclic) bond motifs is 1. The summed E-state index contributed by atoms with van der Waals surface area (Å²) in [6.07, 6.45) is 3.02. The van der Waals surface area contributed by atoms with Crippen LogP contribution in [0.25, 0.3) is 11.4 Å². The summed E-state index contributed by atoms with van der Waals surface area (Å²) in [5.74, 6) is 0.157. The smallest absolute Gasteiger partial charge is 0.319 e. The average molecular weight is 585 g/mol. The largest absolute Gasteiger partial charge is 0.480 e. The Labute approximate surface area is 239 Å². The number of anilines is 1. The lowest BCUT2D eigenvalue weighted by Gasteiger charge is -2.29. The molecular formula is C27H26Cl2N6O5. The highest BCUT2D eigenvalue weighted by Crippen LogP contribution is 2.45. The van der Waals surface area contributed by atoms with E-state index in [0.717, 1.165) is 0 Å². The van der Waals surface area contributed by atoms with Crippen molar-refractivity contribution in [3.63, 3.8) is 0 Å². The molecule has 1 aliphatic heterocycles. The monoisotopic (exact) mass is 584 g/mol. The van der Waals surface area contributed by atoms with E-state index in [0.29, 0.717) is 39.3 Å². The third-order valence-electron chi connectivity index (χ3n) is 6.66. The fourth-order valence-electron chi connectivity index (χ4n) is 4.95. The van der Waals surface area contributed by atoms with Crippen LogP contribution in [0.5, 0.6) is 11.9 Å². The number of aryl methyl sites for hydroxylation is 1. The second-order valence-corrected chi connectivity index (χ2v) is 10.1. The molecule has 1 amide bonds. The van der Waals surface area contributed by atoms with E-state index < -0.39 is 11.9 Å². The fraction of sp³-hybridized carbons (Fsp3) is 0.296. The summed E-state index contributed by atoms with van der Waals surface area (Å²) in [6, 6.07) is 7.65. The Hall–Kier alpha value is -3.93. The van der Waals surface area contributed by atoms with Crippen LogP contribution in [-0.4, -0.2) is 57.9 Å². The fourth-order valence-corrected chi connectivity index (χ4v) is 5.33. The number of carbonyl (C=O) groups is 1. The summed E-state index contributed by atoms with van der Waals surface area (Å²) in [5.41, 5.74) is 1.63. The molecule has 0 N–H and O–H groups in total. The number of pyridine rings is 1. The van der Waals surface area contributed by atoms with Crippen LogP contribution in [-0.2, 0) is 11.8 Å². The molecule has 2 atom stereocenters. The minimum Gasteiger partial charge on any atom is -0.480 e. The SMILES string of the molecule is COC[C@@H](C)n1c(-c2cnc(OC)nc2OC)nc2c1C(c1ccc(Cl)cc1)N(c1cc(Cl)cn(C)c1=O)C2=O. The minimum atomic E-state index is -0.739. The number of methoxy groups -OCH3 is 3. The highest BCUT2D eigenvalue weighted by Gasteiger charge is 2.46. The highest BCUT2D eigenvalue weighted by atomic mass is 35.5. The third kappa shape index (κ3) is 4.59. The van der Waals surface area contributed by atoms with Crippen LogP contribution in [0.2, 0.25) is 10.0 Å². The minimum absolute atomic E-state index is 0.120. The zero-order chi connectivity index (χ0) is 28.7. The van der Waals surface area contributed by atoms with E-state index >= 15 is 0 Å². The molecule has 0 saturated carbocycles. The second-order valence-electron chi connectivity index (χ2n) is 9.21. The number of imidazole rings is 1. The van der Waals surface area contributed by atoms with Gasteiger partial charge in [0.15, 0.2) is 5.69 Å². The number of amides is 1. The van der Waals surface area contributed by atoms with Crippen molar-refractivity contribution in [1.29, 1.82) is 0 Å². The van der Waals surface area contributed by atoms with Gasteiger partial charge in [-0.05, 0) is 30.7 Å². The van der Waals surface area contributed by atoms with Gasteiger partial charge in [0, 0.05) is 31.6 Å². The van der Waals surface area contributed by atoms with Gasteiger partial charge < -0.3 is 23.3 Å². The molecule has 13 heteroatoms. The number of hydrogen-bond acceptors (Lipinski definition) is 8. The van der Waals surface area contributed by atoms with Crippen molar-refractivity contribution >= 4 is 34.8 Å². The Bertz CT molecular complexity index is 1650. The molecule has 4 aromatic rings. The van der Waals surface area contributed by atoms with Crippen LogP contribution in [0, 0.1) is 0 Å². The molecule has 1 unspecified atom stereocenters. The maximum atomic E-state index is 14.2. The van der Waals surface area contributed by atoms with Crippen LogP contribution in [0.15, 0.2) is 47.5 Å². The molecule has 0 radical (unpaired) electrons. The van der Waals surface area contributed by atoms with Crippen LogP contribution < -0.4 is 19.9 Å². The number of ether oxygens (including phenoxy) is 3. The van der Waals surface area contributed by atoms with E-state index in [1.54, 1.807) is 26.3 Å². The summed E-state index contributed by atoms with van der Waals surface area (Å²) in [6.45, 7) is 2.24. The Morgan fingerprint density at radius 3 is 2.40 bits per heavy atom. The van der Waals surface area contributed by atoms with E-state index in [1.807, 2.05) is 23.6 Å². The number of carbonyl (C=O) groups excluding carboxylic acids is 1. The van der Waals surface area contributed by atoms with E-state index in [2.05, 4.69) is 9.97 Å². The topological polar surface area (TPSA) is 114 Å². The van der Waals surface area contributed by atoms with Gasteiger partial charge in [0.1, 0.15) is 17.6 Å². The molecule has 3 aromatic heterocycles. The van der Waals surface area contributed by atoms with E-state index in [4.69, 9.17) is 42.4 Å². The molecule has 40 heavy (non-hydrogen) atoms. The first-order valence-electron chi connectivity index (χ1n) is 12.2. The molecular weight excluding hydrogens is 559 g/mol. The third-order valence-corrected chi connectivity index (χ3v) is 7.12. The standard InChI is InChI=1S/C27H26Cl2N6O5/c1-14(13-38-3)34-22-20(31-23(34)18-11-30-27(40-5)32-24(18)39-4)26(37)35(19-10-17(29)12-33(2)25(19)36)21(22)15-6-8-16(28)9-7-15/h6-12,14,21H,13H2,1-5H3/t14-,21?/m1/s1. The predicted molar refractivity (Wildman–Crippen MR) is 150 cm³/mol. The summed E-state index contributed by atoms with van der Waals surface area (Å²) in [7, 11) is 6.10. The van der Waals surface area contributed by atoms with Crippen LogP contribution in [0.1, 0.15) is 40.8 Å². The first-order valence-corrected chi connectivity index (χ1v) is 13.0. The summed E-state index contributed by atoms with van der Waals surface area (Å²) >= 11 is 12.6. The average Bonchev–Trinajstić information content (AvgIpc) is 3.46. The molecule has 11 nitrogen and oxygen atoms in total. The lowest BCUT2D eigenvalue weighted by molar-refractivity contribution is 0.0989. The number of halogens is 2. The molecule has 1 aliphatic rings. The number of hydrogen-bond donors (Lipinski definition) is 0. The molecule has 0 fully saturated rings. The Kier molecular flexibility index (Phi) is 7.54. The molecule has 0 spiro atoms. The summed E-state index contributed by atoms with van der Waals surface area (Å²) in [5, 5.41) is 0.835. The van der Waals surface area contributed by atoms with Gasteiger partial charge in [-0.1, -0.05) is 35.3 Å². The first-order chi connectivity index (χ1) is 19.2. The number of rotatable bonds is 8. The van der Waals surface area contributed by atoms with Crippen molar-refractivity contribution in [2.24, 2.45) is 7.05 Å². The van der Waals surface area contributed by atoms with Gasteiger partial charge in [0.05, 0.1) is 43.1 Å². The zero-order valence-electron chi connectivity index (χ0n) is 22.4. The molecule has 5 rings (SSSR count). The Morgan fingerprint density at radius 2 is 1.75 bits per heavy atom. The van der Waals surface area contributed by atoms with Gasteiger partial charge in [-0.3, -0.25) is 14.5 Å². The van der Waals surface area contributed by atoms with Gasteiger partial charge in [-0.2, -0.15) is 4.98 Å². The molecule has 0 saturated heterocycles. The van der Waals surface area contributed by atoms with E-state index in [-0.39, 0.29) is 34.9 Å². The Balaban J connectivity index is 1.82. The lowest BCUT2D eigenvalue weighted by atomic mass is 10.0. The molecule has 208 valence electrons. The van der Waals surface area contributed by atoms with Crippen molar-refractivity contribution < 1.29 is 19.0 Å². The van der Waals surface area contributed by atoms with Crippen molar-refractivity contribution in [1.82, 2.24) is 24.1 Å². The van der Waals surface area contributed by atoms with Crippen molar-refractivity contribution in [2.75, 3.05) is 32.8 Å². The second kappa shape index (κ2) is 10.9. The first kappa shape index (κ1) is 27.6. The summed E-state index contributed by atoms with van der Waals surface area (Å²) in [4.78, 5) is 42.3. The number of aromatic nitrogens is 5. The lowest BCUT2D eigenvalue weighted by Crippen LogP contribution is -2.36. The maximum absolute atomic E-state index is 14.2. The highest BCUT2D eigenvalue weighted by molar-refractivity contribution is 6.31. The van der Waals surface area contributed by atoms with Gasteiger partial charge in [-0.15, -0.1) is 0 Å². The maximum Gasteiger partial charge on any atom is 0.319 e. The van der Waals surface area contributed by atoms with Crippen molar-refractivity contribution in [3.8, 4) is 23.3 Å². The van der Waals surface area contributed by atoms with Gasteiger partial charge in [-0.25, -0.2) is 9.97 Å². The predicted octanol–water partition coefficient (Wildman–Crippen LogP) is 4.32. The normalized spacial score (nSPS) is 15.3. The van der Waals surface area contributed by atoms with Gasteiger partial charge in [0.25, 0.3) is 11.5 Å². The number of benzene rings is 1. The quantitative estimate of drug-likeness (QED) is 0.301. The number of nitrogens with zero attached hydrogens (tertiary/aromatic N) is 6. The van der Waals surface area contributed by atoms with Crippen LogP contribution in [0.3, 0.4) is 0 Å². The molecule has 0 aliphatic carbocycles. The molecule has 1 aromatic carbocycles. The zero-order valence-corrected chi connectivity index (χ0v) is 23.9. The van der Waals surface area contributed by atoms with E-state index in [9.17, 15) is 9.59 Å². The van der Waals surface area contributed by atoms with Gasteiger partial charge in [0.2, 0.25) is 5.88 Å². The van der Waals surface area contributed by atoms with Gasteiger partial charge >= 0.3 is 6.01 Å². The summed E-state index contributed by atoms with van der Waals surface area (Å²) < 4.78 is 19.4. The Morgan fingerprint density at radius 1 is 1.02 bits per heavy atom. The van der Waals surface area contributed by atoms with E-state index in [1.165, 1.54) is 42.1 Å². The molecule has 4 heterocycles.